The number of fused-ring (bicyclic) bond motifs is 1. The number of thiophene rings is 1. The van der Waals surface area contributed by atoms with Gasteiger partial charge in [-0.15, -0.1) is 11.3 Å². The van der Waals surface area contributed by atoms with Crippen LogP contribution in [0.4, 0.5) is 5.00 Å². The summed E-state index contributed by atoms with van der Waals surface area (Å²) in [6, 6.07) is 17.9. The molecule has 1 aliphatic rings. The summed E-state index contributed by atoms with van der Waals surface area (Å²) in [5, 5.41) is 20.3. The third-order valence-electron chi connectivity index (χ3n) is 5.09. The first-order chi connectivity index (χ1) is 14.7. The summed E-state index contributed by atoms with van der Waals surface area (Å²) in [4.78, 5) is 8.25. The van der Waals surface area contributed by atoms with Crippen molar-refractivity contribution in [2.45, 2.75) is 26.4 Å². The average Bonchev–Trinajstić information content (AvgIpc) is 3.12. The van der Waals surface area contributed by atoms with Crippen molar-refractivity contribution in [3.05, 3.63) is 75.7 Å². The molecule has 0 radical (unpaired) electrons. The van der Waals surface area contributed by atoms with Gasteiger partial charge in [0.1, 0.15) is 11.1 Å². The quantitative estimate of drug-likeness (QED) is 0.571. The molecule has 1 aromatic heterocycles. The SMILES string of the molecule is CCOc1cc(C=Nc2sc3c(c2C#N)CCN(Cc2ccccc2)C3)ccc1O. The maximum absolute atomic E-state index is 9.86. The van der Waals surface area contributed by atoms with Crippen molar-refractivity contribution < 1.29 is 9.84 Å². The van der Waals surface area contributed by atoms with Crippen LogP contribution in [-0.2, 0) is 19.5 Å². The molecule has 152 valence electrons. The predicted octanol–water partition coefficient (Wildman–Crippen LogP) is 5.03. The molecule has 2 aromatic carbocycles. The van der Waals surface area contributed by atoms with Gasteiger partial charge >= 0.3 is 0 Å². The fourth-order valence-corrected chi connectivity index (χ4v) is 4.82. The van der Waals surface area contributed by atoms with E-state index in [1.54, 1.807) is 35.8 Å². The normalized spacial score (nSPS) is 13.9. The molecule has 1 N–H and O–H groups in total. The highest BCUT2D eigenvalue weighted by Crippen LogP contribution is 2.39. The third-order valence-corrected chi connectivity index (χ3v) is 6.22. The number of phenolic OH excluding ortho intramolecular Hbond substituents is 1. The van der Waals surface area contributed by atoms with Gasteiger partial charge in [0.15, 0.2) is 11.5 Å². The van der Waals surface area contributed by atoms with Crippen LogP contribution >= 0.6 is 11.3 Å². The van der Waals surface area contributed by atoms with Gasteiger partial charge in [0.05, 0.1) is 12.2 Å². The molecule has 0 aliphatic carbocycles. The van der Waals surface area contributed by atoms with Crippen molar-refractivity contribution in [2.24, 2.45) is 4.99 Å². The zero-order valence-electron chi connectivity index (χ0n) is 16.8. The van der Waals surface area contributed by atoms with Crippen LogP contribution < -0.4 is 4.74 Å². The molecule has 1 aliphatic heterocycles. The van der Waals surface area contributed by atoms with Crippen molar-refractivity contribution in [1.29, 1.82) is 5.26 Å². The van der Waals surface area contributed by atoms with E-state index < -0.39 is 0 Å². The number of hydrogen-bond acceptors (Lipinski definition) is 6. The number of nitrogens with zero attached hydrogens (tertiary/aromatic N) is 3. The second-order valence-corrected chi connectivity index (χ2v) is 8.24. The smallest absolute Gasteiger partial charge is 0.161 e. The zero-order valence-corrected chi connectivity index (χ0v) is 17.7. The molecule has 0 atom stereocenters. The minimum atomic E-state index is 0.108. The lowest BCUT2D eigenvalue weighted by Gasteiger charge is -2.26. The molecule has 0 spiro atoms. The second-order valence-electron chi connectivity index (χ2n) is 7.16. The molecule has 0 unspecified atom stereocenters. The van der Waals surface area contributed by atoms with Crippen LogP contribution in [0.15, 0.2) is 53.5 Å². The van der Waals surface area contributed by atoms with Crippen LogP contribution in [0.1, 0.15) is 34.1 Å². The molecule has 6 heteroatoms. The first-order valence-corrected chi connectivity index (χ1v) is 10.8. The zero-order chi connectivity index (χ0) is 20.9. The number of benzene rings is 2. The van der Waals surface area contributed by atoms with Gasteiger partial charge in [0, 0.05) is 30.7 Å². The lowest BCUT2D eigenvalue weighted by atomic mass is 10.0. The monoisotopic (exact) mass is 417 g/mol. The van der Waals surface area contributed by atoms with Gasteiger partial charge in [0.25, 0.3) is 0 Å². The van der Waals surface area contributed by atoms with Crippen molar-refractivity contribution in [3.63, 3.8) is 0 Å². The van der Waals surface area contributed by atoms with Gasteiger partial charge in [-0.1, -0.05) is 30.3 Å². The van der Waals surface area contributed by atoms with Crippen molar-refractivity contribution >= 4 is 22.6 Å². The average molecular weight is 418 g/mol. The highest BCUT2D eigenvalue weighted by molar-refractivity contribution is 7.16. The molecule has 3 aromatic rings. The van der Waals surface area contributed by atoms with E-state index in [-0.39, 0.29) is 5.75 Å². The molecule has 0 fully saturated rings. The number of nitriles is 1. The molecule has 0 saturated carbocycles. The summed E-state index contributed by atoms with van der Waals surface area (Å²) in [5.74, 6) is 0.542. The van der Waals surface area contributed by atoms with Crippen LogP contribution in [0.5, 0.6) is 11.5 Å². The van der Waals surface area contributed by atoms with Gasteiger partial charge in [-0.05, 0) is 48.2 Å². The first kappa shape index (κ1) is 20.1. The van der Waals surface area contributed by atoms with E-state index in [1.807, 2.05) is 13.0 Å². The highest BCUT2D eigenvalue weighted by atomic mass is 32.1. The van der Waals surface area contributed by atoms with Gasteiger partial charge < -0.3 is 9.84 Å². The van der Waals surface area contributed by atoms with E-state index >= 15 is 0 Å². The number of phenols is 1. The Morgan fingerprint density at radius 2 is 2.10 bits per heavy atom. The number of aliphatic imine (C=N–C) groups is 1. The highest BCUT2D eigenvalue weighted by Gasteiger charge is 2.24. The lowest BCUT2D eigenvalue weighted by molar-refractivity contribution is 0.249. The predicted molar refractivity (Wildman–Crippen MR) is 120 cm³/mol. The fourth-order valence-electron chi connectivity index (χ4n) is 3.64. The topological polar surface area (TPSA) is 68.8 Å². The van der Waals surface area contributed by atoms with E-state index in [9.17, 15) is 10.4 Å². The Hall–Kier alpha value is -3.14. The van der Waals surface area contributed by atoms with E-state index in [0.29, 0.717) is 17.9 Å². The van der Waals surface area contributed by atoms with Crippen LogP contribution in [-0.4, -0.2) is 29.4 Å². The summed E-state index contributed by atoms with van der Waals surface area (Å²) in [6.45, 7) is 5.03. The molecule has 0 bridgehead atoms. The summed E-state index contributed by atoms with van der Waals surface area (Å²) in [7, 11) is 0. The van der Waals surface area contributed by atoms with E-state index in [4.69, 9.17) is 4.74 Å². The van der Waals surface area contributed by atoms with Crippen molar-refractivity contribution in [3.8, 4) is 17.6 Å². The Labute approximate surface area is 180 Å². The Kier molecular flexibility index (Phi) is 6.12. The van der Waals surface area contributed by atoms with Crippen molar-refractivity contribution in [1.82, 2.24) is 4.90 Å². The van der Waals surface area contributed by atoms with Crippen LogP contribution in [0, 0.1) is 11.3 Å². The van der Waals surface area contributed by atoms with Crippen LogP contribution in [0.3, 0.4) is 0 Å². The lowest BCUT2D eigenvalue weighted by Crippen LogP contribution is -2.29. The Morgan fingerprint density at radius 1 is 1.27 bits per heavy atom. The fraction of sp³-hybridized carbons (Fsp3) is 0.250. The second kappa shape index (κ2) is 9.12. The number of ether oxygens (including phenoxy) is 1. The number of aromatic hydroxyl groups is 1. The van der Waals surface area contributed by atoms with E-state index in [1.165, 1.54) is 10.4 Å². The first-order valence-electron chi connectivity index (χ1n) is 9.98. The van der Waals surface area contributed by atoms with Crippen LogP contribution in [0.25, 0.3) is 0 Å². The maximum atomic E-state index is 9.86. The molecule has 0 saturated heterocycles. The molecule has 4 rings (SSSR count). The molecule has 0 amide bonds. The molecular formula is C24H23N3O2S. The van der Waals surface area contributed by atoms with Gasteiger partial charge in [-0.2, -0.15) is 5.26 Å². The Morgan fingerprint density at radius 3 is 2.87 bits per heavy atom. The summed E-state index contributed by atoms with van der Waals surface area (Å²) in [5.41, 5.74) is 3.94. The van der Waals surface area contributed by atoms with Crippen LogP contribution in [0.2, 0.25) is 0 Å². The van der Waals surface area contributed by atoms with E-state index in [0.717, 1.165) is 42.2 Å². The summed E-state index contributed by atoms with van der Waals surface area (Å²) in [6.07, 6.45) is 2.59. The molecule has 5 nitrogen and oxygen atoms in total. The minimum absolute atomic E-state index is 0.108. The number of hydrogen-bond donors (Lipinski definition) is 1. The van der Waals surface area contributed by atoms with Gasteiger partial charge in [0.2, 0.25) is 0 Å². The van der Waals surface area contributed by atoms with Gasteiger partial charge in [-0.3, -0.25) is 4.90 Å². The third kappa shape index (κ3) is 4.38. The maximum Gasteiger partial charge on any atom is 0.161 e. The Bertz CT molecular complexity index is 1100. The number of rotatable bonds is 6. The van der Waals surface area contributed by atoms with E-state index in [2.05, 4.69) is 40.2 Å². The standard InChI is InChI=1S/C24H23N3O2S/c1-2-29-22-12-18(8-9-21(22)28)14-26-24-20(13-25)19-10-11-27(16-23(19)30-24)15-17-6-4-3-5-7-17/h3-9,12,14,28H,2,10-11,15-16H2,1H3. The molecule has 2 heterocycles. The summed E-state index contributed by atoms with van der Waals surface area (Å²) >= 11 is 1.59. The summed E-state index contributed by atoms with van der Waals surface area (Å²) < 4.78 is 5.43. The largest absolute Gasteiger partial charge is 0.504 e. The Balaban J connectivity index is 1.54. The van der Waals surface area contributed by atoms with Gasteiger partial charge in [-0.25, -0.2) is 4.99 Å². The molecular weight excluding hydrogens is 394 g/mol. The minimum Gasteiger partial charge on any atom is -0.504 e. The molecule has 30 heavy (non-hydrogen) atoms. The van der Waals surface area contributed by atoms with Crippen molar-refractivity contribution in [2.75, 3.05) is 13.2 Å².